The molecule has 0 radical (unpaired) electrons. The Morgan fingerprint density at radius 1 is 1.09 bits per heavy atom. The van der Waals surface area contributed by atoms with E-state index in [4.69, 9.17) is 10.2 Å². The van der Waals surface area contributed by atoms with Crippen LogP contribution in [0.1, 0.15) is 24.3 Å². The van der Waals surface area contributed by atoms with E-state index in [2.05, 4.69) is 37.1 Å². The Bertz CT molecular complexity index is 1460. The number of piperidine rings is 1. The molecule has 11 heteroatoms. The Morgan fingerprint density at radius 3 is 2.67 bits per heavy atom. The number of pyridine rings is 1. The van der Waals surface area contributed by atoms with Gasteiger partial charge in [0, 0.05) is 25.5 Å². The largest absolute Gasteiger partial charge is 0.461 e. The third-order valence-electron chi connectivity index (χ3n) is 6.26. The zero-order chi connectivity index (χ0) is 22.4. The maximum atomic E-state index is 12.8. The summed E-state index contributed by atoms with van der Waals surface area (Å²) in [5.74, 6) is 1.70. The van der Waals surface area contributed by atoms with Gasteiger partial charge in [-0.2, -0.15) is 9.50 Å². The van der Waals surface area contributed by atoms with Gasteiger partial charge in [-0.1, -0.05) is 11.3 Å². The summed E-state index contributed by atoms with van der Waals surface area (Å²) < 4.78 is 9.24. The first-order valence-corrected chi connectivity index (χ1v) is 11.7. The molecule has 6 rings (SSSR count). The Labute approximate surface area is 192 Å². The molecule has 10 nitrogen and oxygen atoms in total. The molecule has 0 aromatic carbocycles. The number of furan rings is 1. The number of hydrogen-bond donors (Lipinski definition) is 1. The van der Waals surface area contributed by atoms with Gasteiger partial charge in [0.2, 0.25) is 11.8 Å². The summed E-state index contributed by atoms with van der Waals surface area (Å²) in [7, 11) is 0. The van der Waals surface area contributed by atoms with Crippen LogP contribution in [0, 0.1) is 0 Å². The maximum absolute atomic E-state index is 12.8. The van der Waals surface area contributed by atoms with Crippen molar-refractivity contribution in [3.63, 3.8) is 0 Å². The first kappa shape index (κ1) is 20.1. The van der Waals surface area contributed by atoms with Crippen LogP contribution in [0.25, 0.3) is 27.6 Å². The van der Waals surface area contributed by atoms with E-state index >= 15 is 0 Å². The quantitative estimate of drug-likeness (QED) is 0.423. The first-order valence-electron chi connectivity index (χ1n) is 10.9. The normalized spacial score (nSPS) is 15.6. The van der Waals surface area contributed by atoms with Gasteiger partial charge in [0.05, 0.1) is 6.26 Å². The second-order valence-electron chi connectivity index (χ2n) is 8.19. The molecule has 0 saturated carbocycles. The minimum Gasteiger partial charge on any atom is -0.461 e. The molecular weight excluding hydrogens is 440 g/mol. The van der Waals surface area contributed by atoms with Gasteiger partial charge in [0.15, 0.2) is 17.1 Å². The molecule has 0 bridgehead atoms. The number of nitrogens with zero attached hydrogens (tertiary/aromatic N) is 7. The molecular formula is C22H22N8O2S. The van der Waals surface area contributed by atoms with E-state index in [0.29, 0.717) is 40.0 Å². The Morgan fingerprint density at radius 2 is 1.91 bits per heavy atom. The van der Waals surface area contributed by atoms with Gasteiger partial charge in [0.1, 0.15) is 4.70 Å². The molecule has 0 aliphatic carbocycles. The molecule has 1 saturated heterocycles. The number of nitrogen functional groups attached to an aromatic ring is 1. The van der Waals surface area contributed by atoms with E-state index in [1.807, 2.05) is 12.4 Å². The third-order valence-corrected chi connectivity index (χ3v) is 7.23. The molecule has 2 N–H and O–H groups in total. The van der Waals surface area contributed by atoms with Crippen molar-refractivity contribution in [3.8, 4) is 11.6 Å². The highest BCUT2D eigenvalue weighted by molar-refractivity contribution is 7.17. The van der Waals surface area contributed by atoms with Crippen molar-refractivity contribution < 1.29 is 4.42 Å². The molecule has 33 heavy (non-hydrogen) atoms. The molecule has 0 unspecified atom stereocenters. The summed E-state index contributed by atoms with van der Waals surface area (Å²) in [4.78, 5) is 28.3. The van der Waals surface area contributed by atoms with Crippen LogP contribution >= 0.6 is 11.3 Å². The lowest BCUT2D eigenvalue weighted by molar-refractivity contribution is 0.205. The predicted octanol–water partition coefficient (Wildman–Crippen LogP) is 2.62. The second kappa shape index (κ2) is 8.09. The zero-order valence-corrected chi connectivity index (χ0v) is 18.6. The molecule has 168 valence electrons. The number of thiazole rings is 1. The highest BCUT2D eigenvalue weighted by atomic mass is 32.1. The van der Waals surface area contributed by atoms with Crippen molar-refractivity contribution in [1.29, 1.82) is 0 Å². The van der Waals surface area contributed by atoms with Crippen molar-refractivity contribution in [3.05, 3.63) is 58.2 Å². The fraction of sp³-hybridized carbons (Fsp3) is 0.318. The lowest BCUT2D eigenvalue weighted by atomic mass is 9.90. The highest BCUT2D eigenvalue weighted by Crippen LogP contribution is 2.28. The van der Waals surface area contributed by atoms with Crippen LogP contribution < -0.4 is 10.6 Å². The monoisotopic (exact) mass is 462 g/mol. The first-order chi connectivity index (χ1) is 16.2. The van der Waals surface area contributed by atoms with Gasteiger partial charge in [0.25, 0.3) is 0 Å². The molecule has 6 heterocycles. The van der Waals surface area contributed by atoms with E-state index < -0.39 is 0 Å². The fourth-order valence-electron chi connectivity index (χ4n) is 4.50. The highest BCUT2D eigenvalue weighted by Gasteiger charge is 2.22. The number of hydrogen-bond acceptors (Lipinski definition) is 9. The number of fused-ring (bicyclic) bond motifs is 3. The molecule has 1 aliphatic rings. The van der Waals surface area contributed by atoms with Crippen LogP contribution in [0.3, 0.4) is 0 Å². The predicted molar refractivity (Wildman–Crippen MR) is 125 cm³/mol. The molecule has 0 amide bonds. The summed E-state index contributed by atoms with van der Waals surface area (Å²) in [5.41, 5.74) is 8.60. The summed E-state index contributed by atoms with van der Waals surface area (Å²) >= 11 is 1.12. The lowest BCUT2D eigenvalue weighted by Gasteiger charge is -2.32. The van der Waals surface area contributed by atoms with E-state index in [0.717, 1.165) is 43.8 Å². The van der Waals surface area contributed by atoms with E-state index in [-0.39, 0.29) is 10.8 Å². The standard InChI is InChI=1S/C22H22N8O2S/c23-21-26-19-17(20-25-18(27-30(20)21)16-2-1-13-32-16)33-22(31)29(19)12-11-28-9-5-15(6-10-28)14-3-7-24-8-4-14/h1-4,7-8,13,15H,5-6,9-12H2,(H2,23,26). The molecule has 0 atom stereocenters. The molecule has 0 spiro atoms. The van der Waals surface area contributed by atoms with Crippen molar-refractivity contribution in [2.45, 2.75) is 25.3 Å². The van der Waals surface area contributed by atoms with Crippen molar-refractivity contribution in [2.75, 3.05) is 25.4 Å². The minimum atomic E-state index is -0.0702. The van der Waals surface area contributed by atoms with E-state index in [1.165, 1.54) is 10.1 Å². The fourth-order valence-corrected chi connectivity index (χ4v) is 5.44. The number of nitrogens with two attached hydrogens (primary N) is 1. The lowest BCUT2D eigenvalue weighted by Crippen LogP contribution is -2.36. The second-order valence-corrected chi connectivity index (χ2v) is 9.15. The molecule has 1 fully saturated rings. The Kier molecular flexibility index (Phi) is 4.92. The third kappa shape index (κ3) is 3.58. The summed E-state index contributed by atoms with van der Waals surface area (Å²) in [5, 5.41) is 4.40. The number of rotatable bonds is 5. The Hall–Kier alpha value is -3.57. The average molecular weight is 463 g/mol. The van der Waals surface area contributed by atoms with Crippen molar-refractivity contribution >= 4 is 33.3 Å². The summed E-state index contributed by atoms with van der Waals surface area (Å²) in [6, 6.07) is 7.76. The van der Waals surface area contributed by atoms with E-state index in [1.54, 1.807) is 23.0 Å². The van der Waals surface area contributed by atoms with Crippen molar-refractivity contribution in [1.82, 2.24) is 34.0 Å². The zero-order valence-electron chi connectivity index (χ0n) is 17.8. The smallest absolute Gasteiger partial charge is 0.309 e. The minimum absolute atomic E-state index is 0.0702. The number of aromatic nitrogens is 6. The van der Waals surface area contributed by atoms with Crippen LogP contribution in [0.5, 0.6) is 0 Å². The van der Waals surface area contributed by atoms with Gasteiger partial charge < -0.3 is 15.1 Å². The SMILES string of the molecule is Nc1nc2c(sc(=O)n2CCN2CCC(c3ccncc3)CC2)c2nc(-c3ccco3)nn12. The van der Waals surface area contributed by atoms with E-state index in [9.17, 15) is 4.79 Å². The molecule has 1 aliphatic heterocycles. The van der Waals surface area contributed by atoms with Gasteiger partial charge in [-0.05, 0) is 61.7 Å². The van der Waals surface area contributed by atoms with Crippen LogP contribution in [0.4, 0.5) is 5.95 Å². The van der Waals surface area contributed by atoms with Crippen molar-refractivity contribution in [2.24, 2.45) is 0 Å². The average Bonchev–Trinajstić information content (AvgIpc) is 3.58. The summed E-state index contributed by atoms with van der Waals surface area (Å²) in [6.45, 7) is 3.34. The van der Waals surface area contributed by atoms with Crippen LogP contribution in [0.2, 0.25) is 0 Å². The van der Waals surface area contributed by atoms with Gasteiger partial charge in [-0.15, -0.1) is 5.10 Å². The van der Waals surface area contributed by atoms with Gasteiger partial charge in [-0.25, -0.2) is 4.98 Å². The number of likely N-dealkylation sites (tertiary alicyclic amines) is 1. The van der Waals surface area contributed by atoms with Crippen LogP contribution in [-0.2, 0) is 6.54 Å². The molecule has 5 aromatic rings. The topological polar surface area (TPSA) is 120 Å². The number of anilines is 1. The van der Waals surface area contributed by atoms with Crippen LogP contribution in [0.15, 0.2) is 52.1 Å². The molecule has 5 aromatic heterocycles. The van der Waals surface area contributed by atoms with Gasteiger partial charge >= 0.3 is 4.87 Å². The summed E-state index contributed by atoms with van der Waals surface area (Å²) in [6.07, 6.45) is 7.48. The maximum Gasteiger partial charge on any atom is 0.309 e. The van der Waals surface area contributed by atoms with Gasteiger partial charge in [-0.3, -0.25) is 14.3 Å². The van der Waals surface area contributed by atoms with Crippen LogP contribution in [-0.4, -0.2) is 53.7 Å². The Balaban J connectivity index is 1.23.